The number of hydrogen-bond acceptors (Lipinski definition) is 4. The first-order chi connectivity index (χ1) is 12.7. The molecule has 1 amide bonds. The van der Waals surface area contributed by atoms with Crippen LogP contribution in [0.4, 0.5) is 0 Å². The topological polar surface area (TPSA) is 64.4 Å². The van der Waals surface area contributed by atoms with Crippen LogP contribution in [0.25, 0.3) is 0 Å². The number of ketones is 1. The molecule has 138 valence electrons. The summed E-state index contributed by atoms with van der Waals surface area (Å²) >= 11 is 0. The van der Waals surface area contributed by atoms with Crippen LogP contribution >= 0.6 is 0 Å². The molecule has 1 aromatic carbocycles. The number of hydrogen-bond donors (Lipinski definition) is 0. The summed E-state index contributed by atoms with van der Waals surface area (Å²) in [6.07, 6.45) is 8.18. The van der Waals surface area contributed by atoms with Gasteiger partial charge in [0, 0.05) is 50.4 Å². The third kappa shape index (κ3) is 4.71. The monoisotopic (exact) mass is 355 g/mol. The molecule has 0 radical (unpaired) electrons. The molecule has 2 heterocycles. The van der Waals surface area contributed by atoms with Crippen LogP contribution in [-0.4, -0.2) is 46.3 Å². The van der Waals surface area contributed by atoms with E-state index in [1.54, 1.807) is 37.6 Å². The Balaban J connectivity index is 1.48. The average molecular weight is 355 g/mol. The lowest BCUT2D eigenvalue weighted by atomic mass is 9.97. The minimum Gasteiger partial charge on any atom is -0.497 e. The van der Waals surface area contributed by atoms with E-state index in [-0.39, 0.29) is 24.5 Å². The maximum Gasteiger partial charge on any atom is 0.223 e. The van der Waals surface area contributed by atoms with Gasteiger partial charge < -0.3 is 14.2 Å². The molecule has 1 fully saturated rings. The fourth-order valence-electron chi connectivity index (χ4n) is 3.43. The van der Waals surface area contributed by atoms with Gasteiger partial charge in [-0.3, -0.25) is 9.59 Å². The molecular formula is C20H25N3O3. The molecule has 0 N–H and O–H groups in total. The number of ether oxygens (including phenoxy) is 1. The Morgan fingerprint density at radius 1 is 1.23 bits per heavy atom. The number of methoxy groups -OCH3 is 1. The van der Waals surface area contributed by atoms with Crippen LogP contribution in [-0.2, 0) is 11.3 Å². The van der Waals surface area contributed by atoms with E-state index in [0.717, 1.165) is 38.2 Å². The standard InChI is InChI=1S/C20H25N3O3/c1-26-18-6-4-17(5-7-18)19(24)8-9-20(25)23-11-2-3-16(14-23)13-22-12-10-21-15-22/h4-7,10,12,15-16H,2-3,8-9,11,13-14H2,1H3/t16-/m1/s1. The first kappa shape index (κ1) is 18.2. The Bertz CT molecular complexity index is 725. The molecule has 1 aliphatic rings. The second kappa shape index (κ2) is 8.65. The molecule has 1 aromatic heterocycles. The molecule has 0 bridgehead atoms. The molecule has 0 unspecified atom stereocenters. The Morgan fingerprint density at radius 3 is 2.73 bits per heavy atom. The van der Waals surface area contributed by atoms with Crippen molar-refractivity contribution in [2.45, 2.75) is 32.2 Å². The van der Waals surface area contributed by atoms with Gasteiger partial charge in [-0.25, -0.2) is 4.98 Å². The smallest absolute Gasteiger partial charge is 0.223 e. The number of Topliss-reactive ketones (excluding diaryl/α,β-unsaturated/α-hetero) is 1. The van der Waals surface area contributed by atoms with Gasteiger partial charge in [-0.05, 0) is 43.0 Å². The van der Waals surface area contributed by atoms with Crippen LogP contribution in [0.3, 0.4) is 0 Å². The van der Waals surface area contributed by atoms with Crippen molar-refractivity contribution in [1.82, 2.24) is 14.5 Å². The summed E-state index contributed by atoms with van der Waals surface area (Å²) in [6, 6.07) is 7.02. The molecular weight excluding hydrogens is 330 g/mol. The van der Waals surface area contributed by atoms with Crippen LogP contribution in [0.1, 0.15) is 36.0 Å². The molecule has 1 aliphatic heterocycles. The van der Waals surface area contributed by atoms with E-state index >= 15 is 0 Å². The minimum absolute atomic E-state index is 0.00650. The first-order valence-corrected chi connectivity index (χ1v) is 9.06. The molecule has 2 aromatic rings. The van der Waals surface area contributed by atoms with Crippen molar-refractivity contribution in [3.63, 3.8) is 0 Å². The van der Waals surface area contributed by atoms with Gasteiger partial charge in [0.1, 0.15) is 5.75 Å². The molecule has 3 rings (SSSR count). The second-order valence-corrected chi connectivity index (χ2v) is 6.76. The van der Waals surface area contributed by atoms with E-state index in [9.17, 15) is 9.59 Å². The fraction of sp³-hybridized carbons (Fsp3) is 0.450. The SMILES string of the molecule is COc1ccc(C(=O)CCC(=O)N2CCC[C@H](Cn3ccnc3)C2)cc1. The molecule has 6 nitrogen and oxygen atoms in total. The third-order valence-corrected chi connectivity index (χ3v) is 4.88. The molecule has 6 heteroatoms. The maximum absolute atomic E-state index is 12.5. The number of nitrogens with zero attached hydrogens (tertiary/aromatic N) is 3. The maximum atomic E-state index is 12.5. The van der Waals surface area contributed by atoms with E-state index in [0.29, 0.717) is 11.5 Å². The van der Waals surface area contributed by atoms with Gasteiger partial charge in [0.15, 0.2) is 5.78 Å². The van der Waals surface area contributed by atoms with E-state index in [1.807, 2.05) is 17.4 Å². The summed E-state index contributed by atoms with van der Waals surface area (Å²) in [5, 5.41) is 0. The lowest BCUT2D eigenvalue weighted by Crippen LogP contribution is -2.41. The highest BCUT2D eigenvalue weighted by Gasteiger charge is 2.24. The number of likely N-dealkylation sites (tertiary alicyclic amines) is 1. The van der Waals surface area contributed by atoms with Gasteiger partial charge in [0.25, 0.3) is 0 Å². The van der Waals surface area contributed by atoms with Crippen molar-refractivity contribution in [1.29, 1.82) is 0 Å². The highest BCUT2D eigenvalue weighted by atomic mass is 16.5. The number of imidazole rings is 1. The van der Waals surface area contributed by atoms with E-state index < -0.39 is 0 Å². The molecule has 0 spiro atoms. The summed E-state index contributed by atoms with van der Waals surface area (Å²) in [5.41, 5.74) is 0.621. The number of carbonyl (C=O) groups is 2. The fourth-order valence-corrected chi connectivity index (χ4v) is 3.43. The highest BCUT2D eigenvalue weighted by molar-refractivity contribution is 5.98. The summed E-state index contributed by atoms with van der Waals surface area (Å²) in [7, 11) is 1.59. The molecule has 26 heavy (non-hydrogen) atoms. The molecule has 0 saturated carbocycles. The van der Waals surface area contributed by atoms with Crippen molar-refractivity contribution >= 4 is 11.7 Å². The second-order valence-electron chi connectivity index (χ2n) is 6.76. The Kier molecular flexibility index (Phi) is 6.04. The van der Waals surface area contributed by atoms with Gasteiger partial charge in [-0.1, -0.05) is 0 Å². The van der Waals surface area contributed by atoms with Crippen molar-refractivity contribution < 1.29 is 14.3 Å². The number of carbonyl (C=O) groups excluding carboxylic acids is 2. The van der Waals surface area contributed by atoms with E-state index in [4.69, 9.17) is 4.74 Å². The number of rotatable bonds is 7. The van der Waals surface area contributed by atoms with Gasteiger partial charge in [0.2, 0.25) is 5.91 Å². The predicted octanol–water partition coefficient (Wildman–Crippen LogP) is 2.79. The molecule has 1 saturated heterocycles. The van der Waals surface area contributed by atoms with Crippen molar-refractivity contribution in [2.24, 2.45) is 5.92 Å². The average Bonchev–Trinajstić information content (AvgIpc) is 3.19. The lowest BCUT2D eigenvalue weighted by molar-refractivity contribution is -0.133. The number of aromatic nitrogens is 2. The van der Waals surface area contributed by atoms with Crippen LogP contribution in [0, 0.1) is 5.92 Å². The summed E-state index contributed by atoms with van der Waals surface area (Å²) in [4.78, 5) is 30.8. The van der Waals surface area contributed by atoms with Crippen molar-refractivity contribution in [2.75, 3.05) is 20.2 Å². The Morgan fingerprint density at radius 2 is 2.04 bits per heavy atom. The normalized spacial score (nSPS) is 17.1. The Hall–Kier alpha value is -2.63. The summed E-state index contributed by atoms with van der Waals surface area (Å²) in [6.45, 7) is 2.43. The zero-order chi connectivity index (χ0) is 18.4. The lowest BCUT2D eigenvalue weighted by Gasteiger charge is -2.33. The Labute approximate surface area is 153 Å². The van der Waals surface area contributed by atoms with Crippen LogP contribution in [0.2, 0.25) is 0 Å². The summed E-state index contributed by atoms with van der Waals surface area (Å²) < 4.78 is 7.16. The minimum atomic E-state index is -0.00650. The van der Waals surface area contributed by atoms with Crippen molar-refractivity contribution in [3.05, 3.63) is 48.5 Å². The highest BCUT2D eigenvalue weighted by Crippen LogP contribution is 2.20. The van der Waals surface area contributed by atoms with Crippen LogP contribution < -0.4 is 4.74 Å². The van der Waals surface area contributed by atoms with Gasteiger partial charge in [-0.2, -0.15) is 0 Å². The van der Waals surface area contributed by atoms with E-state index in [1.165, 1.54) is 0 Å². The quantitative estimate of drug-likeness (QED) is 0.717. The largest absolute Gasteiger partial charge is 0.497 e. The zero-order valence-corrected chi connectivity index (χ0v) is 15.1. The zero-order valence-electron chi connectivity index (χ0n) is 15.1. The third-order valence-electron chi connectivity index (χ3n) is 4.88. The number of piperidine rings is 1. The number of benzene rings is 1. The molecule has 1 atom stereocenters. The van der Waals surface area contributed by atoms with Crippen LogP contribution in [0.5, 0.6) is 5.75 Å². The molecule has 0 aliphatic carbocycles. The van der Waals surface area contributed by atoms with Gasteiger partial charge in [0.05, 0.1) is 13.4 Å². The van der Waals surface area contributed by atoms with E-state index in [2.05, 4.69) is 9.55 Å². The first-order valence-electron chi connectivity index (χ1n) is 9.06. The number of amides is 1. The summed E-state index contributed by atoms with van der Waals surface area (Å²) in [5.74, 6) is 1.23. The van der Waals surface area contributed by atoms with Gasteiger partial charge >= 0.3 is 0 Å². The van der Waals surface area contributed by atoms with Gasteiger partial charge in [-0.15, -0.1) is 0 Å². The van der Waals surface area contributed by atoms with Crippen LogP contribution in [0.15, 0.2) is 43.0 Å². The van der Waals surface area contributed by atoms with Crippen molar-refractivity contribution in [3.8, 4) is 5.75 Å². The predicted molar refractivity (Wildman–Crippen MR) is 98.1 cm³/mol.